The molecule has 0 amide bonds. The van der Waals surface area contributed by atoms with Crippen molar-refractivity contribution in [2.24, 2.45) is 0 Å². The van der Waals surface area contributed by atoms with Crippen molar-refractivity contribution < 1.29 is 28.8 Å². The van der Waals surface area contributed by atoms with Gasteiger partial charge in [0.25, 0.3) is 0 Å². The summed E-state index contributed by atoms with van der Waals surface area (Å²) in [5.74, 6) is 0.746. The summed E-state index contributed by atoms with van der Waals surface area (Å²) in [4.78, 5) is 0. The topological polar surface area (TPSA) is 115 Å². The van der Waals surface area contributed by atoms with Crippen LogP contribution >= 0.6 is 0 Å². The molecule has 4 N–H and O–H groups in total. The average Bonchev–Trinajstić information content (AvgIpc) is 2.81. The molecular weight excluding hydrogens is 464 g/mol. The quantitative estimate of drug-likeness (QED) is 0.269. The van der Waals surface area contributed by atoms with Crippen LogP contribution in [0.15, 0.2) is 72.8 Å². The van der Waals surface area contributed by atoms with Crippen LogP contribution in [0.2, 0.25) is 0 Å². The molecule has 4 rings (SSSR count). The highest BCUT2D eigenvalue weighted by molar-refractivity contribution is 7.51. The normalized spacial score (nSPS) is 9.83. The van der Waals surface area contributed by atoms with Gasteiger partial charge in [-0.05, 0) is 76.2 Å². The molecule has 4 aromatic rings. The predicted octanol–water partition coefficient (Wildman–Crippen LogP) is 6.09. The van der Waals surface area contributed by atoms with Gasteiger partial charge in [-0.1, -0.05) is 46.5 Å². The van der Waals surface area contributed by atoms with Crippen LogP contribution in [-0.4, -0.2) is 28.8 Å². The largest absolute Gasteiger partial charge is 0.507 e. The molecule has 0 aliphatic carbocycles. The fourth-order valence-electron chi connectivity index (χ4n) is 3.46. The van der Waals surface area contributed by atoms with E-state index in [9.17, 15) is 20.4 Å². The minimum absolute atomic E-state index is 0.187. The summed E-state index contributed by atoms with van der Waals surface area (Å²) < 4.78 is 16.6. The van der Waals surface area contributed by atoms with E-state index in [1.54, 1.807) is 24.3 Å². The molecule has 0 fully saturated rings. The molecule has 0 aliphatic rings. The van der Waals surface area contributed by atoms with E-state index >= 15 is 0 Å². The number of hydrogen-bond donors (Lipinski definition) is 4. The van der Waals surface area contributed by atoms with Crippen molar-refractivity contribution in [2.75, 3.05) is 0 Å². The number of aromatic hydroxyl groups is 4. The Kier molecular flexibility index (Phi) is 9.61. The smallest absolute Gasteiger partial charge is 0.335 e. The summed E-state index contributed by atoms with van der Waals surface area (Å²) >= 11 is -0.750. The van der Waals surface area contributed by atoms with Crippen molar-refractivity contribution in [3.05, 3.63) is 95.1 Å². The minimum atomic E-state index is -0.750. The van der Waals surface area contributed by atoms with Crippen molar-refractivity contribution >= 4 is 11.6 Å². The molecule has 6 nitrogen and oxygen atoms in total. The molecular formula is C28H28O6S. The number of aryl methyl sites for hydroxylation is 4. The van der Waals surface area contributed by atoms with Crippen LogP contribution in [0.1, 0.15) is 22.3 Å². The highest BCUT2D eigenvalue weighted by Crippen LogP contribution is 2.37. The number of benzene rings is 4. The van der Waals surface area contributed by atoms with Crippen LogP contribution in [0.5, 0.6) is 23.0 Å². The maximum Gasteiger partial charge on any atom is 0.335 e. The standard InChI is InChI=1S/2C14H14O2.O2S/c2*1-9-3-5-13(15)11(7-9)12-8-10(2)4-6-14(12)16;1-3-2/h2*3-8,15-16H,1-2H3;. The molecule has 4 aromatic carbocycles. The summed E-state index contributed by atoms with van der Waals surface area (Å²) in [6.07, 6.45) is 0. The SMILES string of the molecule is Cc1ccc(O)c(-c2cc(C)ccc2O)c1.Cc1ccc(O)c(-c2cc(C)ccc2O)c1.O=S=O. The summed E-state index contributed by atoms with van der Waals surface area (Å²) in [5.41, 5.74) is 6.87. The second-order valence-electron chi connectivity index (χ2n) is 8.15. The zero-order chi connectivity index (χ0) is 26.1. The van der Waals surface area contributed by atoms with Crippen LogP contribution in [-0.2, 0) is 11.6 Å². The first-order chi connectivity index (χ1) is 16.6. The first-order valence-electron chi connectivity index (χ1n) is 10.7. The van der Waals surface area contributed by atoms with Gasteiger partial charge in [0, 0.05) is 22.3 Å². The van der Waals surface area contributed by atoms with Crippen LogP contribution in [0.25, 0.3) is 22.3 Å². The van der Waals surface area contributed by atoms with Gasteiger partial charge in [0.2, 0.25) is 0 Å². The van der Waals surface area contributed by atoms with Crippen molar-refractivity contribution in [1.29, 1.82) is 0 Å². The highest BCUT2D eigenvalue weighted by atomic mass is 32.1. The van der Waals surface area contributed by atoms with E-state index in [2.05, 4.69) is 0 Å². The van der Waals surface area contributed by atoms with E-state index < -0.39 is 11.6 Å². The third-order valence-electron chi connectivity index (χ3n) is 5.19. The molecule has 0 bridgehead atoms. The lowest BCUT2D eigenvalue weighted by atomic mass is 10.00. The molecule has 0 unspecified atom stereocenters. The molecule has 0 aliphatic heterocycles. The molecule has 0 aromatic heterocycles. The van der Waals surface area contributed by atoms with Crippen molar-refractivity contribution in [1.82, 2.24) is 0 Å². The zero-order valence-electron chi connectivity index (χ0n) is 19.9. The van der Waals surface area contributed by atoms with Gasteiger partial charge in [0.1, 0.15) is 23.0 Å². The predicted molar refractivity (Wildman–Crippen MR) is 138 cm³/mol. The van der Waals surface area contributed by atoms with Gasteiger partial charge in [0.15, 0.2) is 0 Å². The van der Waals surface area contributed by atoms with E-state index in [0.717, 1.165) is 22.3 Å². The van der Waals surface area contributed by atoms with Gasteiger partial charge < -0.3 is 20.4 Å². The van der Waals surface area contributed by atoms with E-state index in [1.165, 1.54) is 0 Å². The Bertz CT molecular complexity index is 1160. The van der Waals surface area contributed by atoms with Crippen molar-refractivity contribution in [2.45, 2.75) is 27.7 Å². The lowest BCUT2D eigenvalue weighted by Gasteiger charge is -2.09. The molecule has 0 spiro atoms. The third kappa shape index (κ3) is 7.45. The minimum Gasteiger partial charge on any atom is -0.507 e. The van der Waals surface area contributed by atoms with Crippen LogP contribution in [0.3, 0.4) is 0 Å². The average molecular weight is 493 g/mol. The second kappa shape index (κ2) is 12.4. The van der Waals surface area contributed by atoms with Crippen LogP contribution in [0, 0.1) is 27.7 Å². The Morgan fingerprint density at radius 3 is 0.771 bits per heavy atom. The Hall–Kier alpha value is -4.10. The Labute approximate surface area is 208 Å². The zero-order valence-corrected chi connectivity index (χ0v) is 20.8. The van der Waals surface area contributed by atoms with E-state index in [1.807, 2.05) is 76.2 Å². The number of hydrogen-bond acceptors (Lipinski definition) is 6. The van der Waals surface area contributed by atoms with Gasteiger partial charge in [-0.15, -0.1) is 0 Å². The van der Waals surface area contributed by atoms with Gasteiger partial charge in [-0.2, -0.15) is 8.42 Å². The molecule has 0 saturated carbocycles. The molecule has 182 valence electrons. The van der Waals surface area contributed by atoms with E-state index in [0.29, 0.717) is 22.3 Å². The molecule has 0 atom stereocenters. The summed E-state index contributed by atoms with van der Waals surface area (Å²) in [6, 6.07) is 21.4. The van der Waals surface area contributed by atoms with Crippen LogP contribution in [0.4, 0.5) is 0 Å². The highest BCUT2D eigenvalue weighted by Gasteiger charge is 2.10. The monoisotopic (exact) mass is 492 g/mol. The maximum atomic E-state index is 9.79. The summed E-state index contributed by atoms with van der Waals surface area (Å²) in [5, 5.41) is 39.2. The first-order valence-corrected chi connectivity index (χ1v) is 11.3. The fraction of sp³-hybridized carbons (Fsp3) is 0.143. The third-order valence-corrected chi connectivity index (χ3v) is 5.19. The molecule has 0 saturated heterocycles. The second-order valence-corrected chi connectivity index (χ2v) is 8.29. The lowest BCUT2D eigenvalue weighted by Crippen LogP contribution is -1.83. The van der Waals surface area contributed by atoms with Crippen molar-refractivity contribution in [3.8, 4) is 45.3 Å². The Balaban J connectivity index is 0.000000222. The maximum absolute atomic E-state index is 9.79. The molecule has 7 heteroatoms. The number of phenolic OH excluding ortho intramolecular Hbond substituents is 4. The molecule has 0 radical (unpaired) electrons. The van der Waals surface area contributed by atoms with E-state index in [-0.39, 0.29) is 23.0 Å². The van der Waals surface area contributed by atoms with E-state index in [4.69, 9.17) is 8.42 Å². The van der Waals surface area contributed by atoms with Crippen LogP contribution < -0.4 is 0 Å². The molecule has 0 heterocycles. The van der Waals surface area contributed by atoms with Gasteiger partial charge in [-0.25, -0.2) is 0 Å². The van der Waals surface area contributed by atoms with Crippen molar-refractivity contribution in [3.63, 3.8) is 0 Å². The molecule has 35 heavy (non-hydrogen) atoms. The summed E-state index contributed by atoms with van der Waals surface area (Å²) in [6.45, 7) is 7.82. The number of rotatable bonds is 2. The van der Waals surface area contributed by atoms with Gasteiger partial charge >= 0.3 is 11.6 Å². The van der Waals surface area contributed by atoms with Gasteiger partial charge in [0.05, 0.1) is 0 Å². The Morgan fingerprint density at radius 1 is 0.429 bits per heavy atom. The summed E-state index contributed by atoms with van der Waals surface area (Å²) in [7, 11) is 0. The fourth-order valence-corrected chi connectivity index (χ4v) is 3.46. The first kappa shape index (κ1) is 27.1. The lowest BCUT2D eigenvalue weighted by molar-refractivity contribution is 0.469. The Morgan fingerprint density at radius 2 is 0.600 bits per heavy atom. The van der Waals surface area contributed by atoms with Gasteiger partial charge in [-0.3, -0.25) is 0 Å². The number of phenols is 4.